The molecule has 0 fully saturated rings. The number of carboxylic acid groups (broad SMARTS) is 2. The molecule has 0 atom stereocenters. The van der Waals surface area contributed by atoms with Gasteiger partial charge in [0.25, 0.3) is 0 Å². The zero-order valence-electron chi connectivity index (χ0n) is 31.3. The summed E-state index contributed by atoms with van der Waals surface area (Å²) < 4.78 is 0. The average Bonchev–Trinajstić information content (AvgIpc) is 4.07. The number of nitrogens with zero attached hydrogens (tertiary/aromatic N) is 2. The number of H-pyrrole nitrogens is 2. The molecular formula is C46H38N4O8. The average molecular weight is 775 g/mol. The fourth-order valence-corrected chi connectivity index (χ4v) is 7.55. The predicted octanol–water partition coefficient (Wildman–Crippen LogP) is 7.51. The number of carboxylic acids is 2. The van der Waals surface area contributed by atoms with Gasteiger partial charge in [-0.05, 0) is 135 Å². The molecule has 58 heavy (non-hydrogen) atoms. The molecule has 5 aromatic rings. The number of carbonyl (C=O) groups excluding carboxylic acids is 4. The molecule has 5 heterocycles. The molecule has 4 N–H and O–H groups in total. The van der Waals surface area contributed by atoms with E-state index in [9.17, 15) is 39.0 Å². The van der Waals surface area contributed by atoms with E-state index in [1.165, 1.54) is 12.1 Å². The monoisotopic (exact) mass is 774 g/mol. The van der Waals surface area contributed by atoms with E-state index in [0.717, 1.165) is 33.3 Å². The number of fused-ring (bicyclic) bond motifs is 8. The second kappa shape index (κ2) is 17.2. The van der Waals surface area contributed by atoms with Crippen molar-refractivity contribution < 1.29 is 39.0 Å². The summed E-state index contributed by atoms with van der Waals surface area (Å²) in [6.45, 7) is 0. The van der Waals surface area contributed by atoms with E-state index in [4.69, 9.17) is 9.97 Å². The zero-order chi connectivity index (χ0) is 40.8. The van der Waals surface area contributed by atoms with Crippen LogP contribution in [0.3, 0.4) is 0 Å². The quantitative estimate of drug-likeness (QED) is 0.0712. The van der Waals surface area contributed by atoms with Crippen LogP contribution in [0.25, 0.3) is 46.4 Å². The van der Waals surface area contributed by atoms with Gasteiger partial charge in [-0.15, -0.1) is 0 Å². The summed E-state index contributed by atoms with van der Waals surface area (Å²) in [6.07, 6.45) is 12.2. The highest BCUT2D eigenvalue weighted by Gasteiger charge is 2.18. The second-order valence-corrected chi connectivity index (χ2v) is 14.2. The number of aldehydes is 4. The van der Waals surface area contributed by atoms with Crippen molar-refractivity contribution in [3.63, 3.8) is 0 Å². The first-order valence-electron chi connectivity index (χ1n) is 18.8. The molecule has 0 saturated carbocycles. The Hall–Kier alpha value is -7.34. The largest absolute Gasteiger partial charge is 0.481 e. The predicted molar refractivity (Wildman–Crippen MR) is 220 cm³/mol. The number of carbonyl (C=O) groups is 6. The normalized spacial score (nSPS) is 11.7. The van der Waals surface area contributed by atoms with Crippen LogP contribution < -0.4 is 0 Å². The summed E-state index contributed by atoms with van der Waals surface area (Å²) in [5, 5.41) is 19.5. The Morgan fingerprint density at radius 3 is 1.02 bits per heavy atom. The molecular weight excluding hydrogens is 737 g/mol. The molecule has 0 spiro atoms. The van der Waals surface area contributed by atoms with Gasteiger partial charge < -0.3 is 20.2 Å². The summed E-state index contributed by atoms with van der Waals surface area (Å²) in [7, 11) is 0. The van der Waals surface area contributed by atoms with Crippen molar-refractivity contribution in [3.8, 4) is 0 Å². The highest BCUT2D eigenvalue weighted by molar-refractivity contribution is 5.86. The molecule has 0 amide bonds. The summed E-state index contributed by atoms with van der Waals surface area (Å²) in [4.78, 5) is 87.6. The number of aliphatic carboxylic acids is 2. The van der Waals surface area contributed by atoms with Crippen molar-refractivity contribution in [2.24, 2.45) is 0 Å². The van der Waals surface area contributed by atoms with Crippen LogP contribution in [0.4, 0.5) is 0 Å². The minimum Gasteiger partial charge on any atom is -0.481 e. The van der Waals surface area contributed by atoms with Crippen LogP contribution in [0.1, 0.15) is 110 Å². The minimum absolute atomic E-state index is 0.139. The van der Waals surface area contributed by atoms with E-state index < -0.39 is 11.9 Å². The number of hydrogen-bond donors (Lipinski definition) is 4. The van der Waals surface area contributed by atoms with Gasteiger partial charge in [-0.2, -0.15) is 0 Å². The van der Waals surface area contributed by atoms with Gasteiger partial charge in [-0.1, -0.05) is 0 Å². The molecule has 0 aliphatic carbocycles. The Morgan fingerprint density at radius 2 is 0.741 bits per heavy atom. The van der Waals surface area contributed by atoms with Gasteiger partial charge in [0.1, 0.15) is 25.1 Å². The number of aromatic amines is 2. The van der Waals surface area contributed by atoms with Gasteiger partial charge in [0.05, 0.1) is 22.8 Å². The molecule has 7 rings (SSSR count). The topological polar surface area (TPSA) is 200 Å². The molecule has 2 aliphatic heterocycles. The van der Waals surface area contributed by atoms with Crippen LogP contribution in [0.2, 0.25) is 0 Å². The van der Waals surface area contributed by atoms with Crippen LogP contribution in [-0.2, 0) is 48.1 Å². The second-order valence-electron chi connectivity index (χ2n) is 14.2. The van der Waals surface area contributed by atoms with Crippen molar-refractivity contribution in [1.29, 1.82) is 0 Å². The number of benzene rings is 2. The molecule has 12 heteroatoms. The van der Waals surface area contributed by atoms with E-state index in [1.807, 2.05) is 48.6 Å². The lowest BCUT2D eigenvalue weighted by Crippen LogP contribution is -2.01. The van der Waals surface area contributed by atoms with Crippen molar-refractivity contribution >= 4 is 83.5 Å². The Morgan fingerprint density at radius 1 is 0.448 bits per heavy atom. The van der Waals surface area contributed by atoms with Crippen molar-refractivity contribution in [1.82, 2.24) is 19.9 Å². The first-order valence-corrected chi connectivity index (χ1v) is 18.8. The Balaban J connectivity index is 1.47. The van der Waals surface area contributed by atoms with E-state index in [-0.39, 0.29) is 25.7 Å². The lowest BCUT2D eigenvalue weighted by Gasteiger charge is -2.07. The third kappa shape index (κ3) is 8.71. The van der Waals surface area contributed by atoms with Crippen LogP contribution in [0.5, 0.6) is 0 Å². The van der Waals surface area contributed by atoms with Crippen LogP contribution in [0.15, 0.2) is 60.7 Å². The van der Waals surface area contributed by atoms with Crippen LogP contribution in [0, 0.1) is 0 Å². The van der Waals surface area contributed by atoms with E-state index in [1.54, 1.807) is 24.3 Å². The van der Waals surface area contributed by atoms with Gasteiger partial charge >= 0.3 is 11.9 Å². The van der Waals surface area contributed by atoms with E-state index in [2.05, 4.69) is 9.97 Å². The number of aryl methyl sites for hydroxylation is 6. The molecule has 0 saturated heterocycles. The van der Waals surface area contributed by atoms with Crippen LogP contribution >= 0.6 is 0 Å². The summed E-state index contributed by atoms with van der Waals surface area (Å²) in [6, 6.07) is 17.6. The SMILES string of the molecule is O=Cc1cc(C=O)cc(CCc2c3nc(c(CCC(=O)O)c4ccc([nH]4)c(CCc4cc(C=O)cc(C=O)c4)c4nc(c(CCC(=O)O)c5ccc2[nH]5)C=C4)C=C3)c1. The van der Waals surface area contributed by atoms with Crippen LogP contribution in [-0.4, -0.2) is 67.2 Å². The maximum absolute atomic E-state index is 11.9. The number of rotatable bonds is 16. The third-order valence-corrected chi connectivity index (χ3v) is 10.3. The first kappa shape index (κ1) is 38.9. The van der Waals surface area contributed by atoms with E-state index >= 15 is 0 Å². The molecule has 2 aromatic carbocycles. The number of aromatic nitrogens is 4. The van der Waals surface area contributed by atoms with Crippen molar-refractivity contribution in [3.05, 3.63) is 139 Å². The molecule has 12 nitrogen and oxygen atoms in total. The molecule has 8 bridgehead atoms. The smallest absolute Gasteiger partial charge is 0.303 e. The fraction of sp³-hybridized carbons (Fsp3) is 0.174. The maximum Gasteiger partial charge on any atom is 0.303 e. The van der Waals surface area contributed by atoms with Crippen molar-refractivity contribution in [2.45, 2.75) is 51.4 Å². The lowest BCUT2D eigenvalue weighted by atomic mass is 9.99. The first-order chi connectivity index (χ1) is 28.1. The molecule has 2 aliphatic rings. The standard InChI is InChI=1S/C46H38N4O8/c51-23-29-17-27(18-30(21-29)24-52)1-3-33-37-7-11-41(47-37)35(5-15-45(55)56)43-13-9-39(49-43)34(4-2-28-19-31(25-53)22-32(20-28)26-54)40-10-14-44(50-40)36(6-16-46(57)58)42-12-8-38(33)48-42/h7-14,17-26,47,50H,1-6,15-16H2,(H,55,56)(H,57,58). The van der Waals surface area contributed by atoms with Gasteiger partial charge in [0, 0.05) is 79.4 Å². The van der Waals surface area contributed by atoms with Gasteiger partial charge in [0.15, 0.2) is 0 Å². The minimum atomic E-state index is -0.959. The number of nitrogens with one attached hydrogen (secondary N) is 2. The number of hydrogen-bond acceptors (Lipinski definition) is 8. The Kier molecular flexibility index (Phi) is 11.5. The van der Waals surface area contributed by atoms with E-state index in [0.29, 0.717) is 118 Å². The third-order valence-electron chi connectivity index (χ3n) is 10.3. The zero-order valence-corrected chi connectivity index (χ0v) is 31.3. The lowest BCUT2D eigenvalue weighted by molar-refractivity contribution is -0.138. The molecule has 0 unspecified atom stereocenters. The van der Waals surface area contributed by atoms with Crippen molar-refractivity contribution in [2.75, 3.05) is 0 Å². The van der Waals surface area contributed by atoms with Gasteiger partial charge in [0.2, 0.25) is 0 Å². The summed E-state index contributed by atoms with van der Waals surface area (Å²) in [5.74, 6) is -1.92. The highest BCUT2D eigenvalue weighted by atomic mass is 16.4. The summed E-state index contributed by atoms with van der Waals surface area (Å²) >= 11 is 0. The highest BCUT2D eigenvalue weighted by Crippen LogP contribution is 2.29. The molecule has 3 aromatic heterocycles. The van der Waals surface area contributed by atoms with Gasteiger partial charge in [-0.3, -0.25) is 28.8 Å². The Labute approximate surface area is 332 Å². The Bertz CT molecular complexity index is 2500. The summed E-state index contributed by atoms with van der Waals surface area (Å²) in [5.41, 5.74) is 11.4. The molecule has 0 radical (unpaired) electrons. The molecule has 290 valence electrons. The maximum atomic E-state index is 11.9. The van der Waals surface area contributed by atoms with Gasteiger partial charge in [-0.25, -0.2) is 9.97 Å². The fourth-order valence-electron chi connectivity index (χ4n) is 7.55.